The molecule has 2 aromatic carbocycles. The first kappa shape index (κ1) is 20.3. The van der Waals surface area contributed by atoms with Gasteiger partial charge in [0.1, 0.15) is 0 Å². The van der Waals surface area contributed by atoms with E-state index in [1.807, 2.05) is 35.7 Å². The standard InChI is InChI=1S/C22H19N5O3S/c1-29-19-11-17(25-21(27-19)30-2)16-10-14(8-9-15(16)20(23)28)24-22-26-18(12-31-22)13-6-4-3-5-7-13/h3-12H,1-2H3,(H2,23,28)(H,24,26). The van der Waals surface area contributed by atoms with E-state index >= 15 is 0 Å². The van der Waals surface area contributed by atoms with E-state index in [0.29, 0.717) is 22.7 Å². The van der Waals surface area contributed by atoms with Crippen molar-refractivity contribution >= 4 is 28.1 Å². The van der Waals surface area contributed by atoms with E-state index in [9.17, 15) is 4.79 Å². The maximum absolute atomic E-state index is 12.0. The van der Waals surface area contributed by atoms with Crippen LogP contribution in [0.3, 0.4) is 0 Å². The number of hydrogen-bond acceptors (Lipinski definition) is 8. The second-order valence-electron chi connectivity index (χ2n) is 6.44. The molecule has 4 rings (SSSR count). The van der Waals surface area contributed by atoms with Crippen molar-refractivity contribution in [2.45, 2.75) is 0 Å². The molecule has 156 valence electrons. The number of ether oxygens (including phenoxy) is 2. The van der Waals surface area contributed by atoms with Crippen LogP contribution >= 0.6 is 11.3 Å². The van der Waals surface area contributed by atoms with Gasteiger partial charge in [-0.3, -0.25) is 4.79 Å². The lowest BCUT2D eigenvalue weighted by Crippen LogP contribution is -2.13. The maximum Gasteiger partial charge on any atom is 0.320 e. The number of benzene rings is 2. The number of primary amides is 1. The molecular weight excluding hydrogens is 414 g/mol. The smallest absolute Gasteiger partial charge is 0.320 e. The Morgan fingerprint density at radius 1 is 0.968 bits per heavy atom. The van der Waals surface area contributed by atoms with Crippen molar-refractivity contribution in [2.24, 2.45) is 5.73 Å². The van der Waals surface area contributed by atoms with Gasteiger partial charge in [-0.1, -0.05) is 30.3 Å². The summed E-state index contributed by atoms with van der Waals surface area (Å²) in [6, 6.07) is 16.9. The largest absolute Gasteiger partial charge is 0.481 e. The number of carbonyl (C=O) groups is 1. The molecule has 0 fully saturated rings. The molecule has 0 saturated carbocycles. The van der Waals surface area contributed by atoms with E-state index in [0.717, 1.165) is 22.1 Å². The van der Waals surface area contributed by atoms with Crippen LogP contribution in [0.1, 0.15) is 10.4 Å². The number of nitrogens with zero attached hydrogens (tertiary/aromatic N) is 3. The van der Waals surface area contributed by atoms with Gasteiger partial charge in [-0.15, -0.1) is 11.3 Å². The molecular formula is C22H19N5O3S. The first-order valence-electron chi connectivity index (χ1n) is 9.26. The number of nitrogens with one attached hydrogen (secondary N) is 1. The van der Waals surface area contributed by atoms with Gasteiger partial charge in [0.25, 0.3) is 0 Å². The van der Waals surface area contributed by atoms with Crippen molar-refractivity contribution in [3.63, 3.8) is 0 Å². The molecule has 3 N–H and O–H groups in total. The number of anilines is 2. The van der Waals surface area contributed by atoms with E-state index in [1.165, 1.54) is 25.6 Å². The highest BCUT2D eigenvalue weighted by Gasteiger charge is 2.16. The van der Waals surface area contributed by atoms with Crippen molar-refractivity contribution in [3.8, 4) is 34.4 Å². The fourth-order valence-electron chi connectivity index (χ4n) is 2.98. The molecule has 0 aliphatic heterocycles. The van der Waals surface area contributed by atoms with Gasteiger partial charge in [0.15, 0.2) is 5.13 Å². The molecule has 0 bridgehead atoms. The number of rotatable bonds is 7. The predicted octanol–water partition coefficient (Wildman–Crippen LogP) is 4.13. The van der Waals surface area contributed by atoms with Gasteiger partial charge in [0.2, 0.25) is 11.8 Å². The second kappa shape index (κ2) is 8.80. The predicted molar refractivity (Wildman–Crippen MR) is 120 cm³/mol. The Morgan fingerprint density at radius 3 is 2.48 bits per heavy atom. The molecule has 31 heavy (non-hydrogen) atoms. The first-order chi connectivity index (χ1) is 15.1. The molecule has 2 heterocycles. The third-order valence-corrected chi connectivity index (χ3v) is 5.22. The van der Waals surface area contributed by atoms with E-state index in [1.54, 1.807) is 24.3 Å². The minimum absolute atomic E-state index is 0.121. The quantitative estimate of drug-likeness (QED) is 0.451. The van der Waals surface area contributed by atoms with Crippen LogP contribution in [0.25, 0.3) is 22.5 Å². The highest BCUT2D eigenvalue weighted by molar-refractivity contribution is 7.14. The average molecular weight is 433 g/mol. The highest BCUT2D eigenvalue weighted by atomic mass is 32.1. The summed E-state index contributed by atoms with van der Waals surface area (Å²) in [6.45, 7) is 0. The molecule has 0 aliphatic rings. The Morgan fingerprint density at radius 2 is 1.77 bits per heavy atom. The maximum atomic E-state index is 12.0. The second-order valence-corrected chi connectivity index (χ2v) is 7.29. The van der Waals surface area contributed by atoms with Gasteiger partial charge in [0.05, 0.1) is 25.6 Å². The van der Waals surface area contributed by atoms with Crippen LogP contribution in [-0.4, -0.2) is 35.1 Å². The van der Waals surface area contributed by atoms with E-state index in [2.05, 4.69) is 20.3 Å². The number of thiazole rings is 1. The van der Waals surface area contributed by atoms with Gasteiger partial charge in [-0.05, 0) is 18.2 Å². The normalized spacial score (nSPS) is 10.5. The highest BCUT2D eigenvalue weighted by Crippen LogP contribution is 2.32. The molecule has 0 atom stereocenters. The minimum Gasteiger partial charge on any atom is -0.481 e. The summed E-state index contributed by atoms with van der Waals surface area (Å²) in [5, 5.41) is 5.98. The molecule has 0 spiro atoms. The number of carbonyl (C=O) groups excluding carboxylic acids is 1. The number of amides is 1. The lowest BCUT2D eigenvalue weighted by atomic mass is 10.0. The van der Waals surface area contributed by atoms with Crippen LogP contribution in [0.5, 0.6) is 11.9 Å². The summed E-state index contributed by atoms with van der Waals surface area (Å²) in [7, 11) is 2.95. The minimum atomic E-state index is -0.571. The average Bonchev–Trinajstić information content (AvgIpc) is 3.27. The van der Waals surface area contributed by atoms with Gasteiger partial charge in [0, 0.05) is 33.8 Å². The van der Waals surface area contributed by atoms with Crippen LogP contribution in [0.15, 0.2) is 60.0 Å². The summed E-state index contributed by atoms with van der Waals surface area (Å²) in [6.07, 6.45) is 0. The Hall–Kier alpha value is -3.98. The number of methoxy groups -OCH3 is 2. The van der Waals surface area contributed by atoms with Gasteiger partial charge >= 0.3 is 6.01 Å². The third kappa shape index (κ3) is 4.46. The summed E-state index contributed by atoms with van der Waals surface area (Å²) in [5.41, 5.74) is 9.53. The Balaban J connectivity index is 1.70. The van der Waals surface area contributed by atoms with E-state index in [-0.39, 0.29) is 6.01 Å². The van der Waals surface area contributed by atoms with Crippen molar-refractivity contribution in [2.75, 3.05) is 19.5 Å². The van der Waals surface area contributed by atoms with Crippen LogP contribution in [0.4, 0.5) is 10.8 Å². The van der Waals surface area contributed by atoms with Gasteiger partial charge in [-0.2, -0.15) is 9.97 Å². The van der Waals surface area contributed by atoms with Crippen LogP contribution in [0, 0.1) is 0 Å². The van der Waals surface area contributed by atoms with Crippen molar-refractivity contribution in [3.05, 3.63) is 65.5 Å². The van der Waals surface area contributed by atoms with E-state index in [4.69, 9.17) is 15.2 Å². The van der Waals surface area contributed by atoms with Gasteiger partial charge in [-0.25, -0.2) is 4.98 Å². The lowest BCUT2D eigenvalue weighted by molar-refractivity contribution is 0.100. The Kier molecular flexibility index (Phi) is 5.76. The van der Waals surface area contributed by atoms with Gasteiger partial charge < -0.3 is 20.5 Å². The summed E-state index contributed by atoms with van der Waals surface area (Å²) in [5.74, 6) is -0.262. The zero-order valence-corrected chi connectivity index (χ0v) is 17.6. The van der Waals surface area contributed by atoms with Crippen LogP contribution in [0.2, 0.25) is 0 Å². The summed E-state index contributed by atoms with van der Waals surface area (Å²) in [4.78, 5) is 25.1. The monoisotopic (exact) mass is 433 g/mol. The fourth-order valence-corrected chi connectivity index (χ4v) is 3.72. The van der Waals surface area contributed by atoms with Crippen LogP contribution < -0.4 is 20.5 Å². The summed E-state index contributed by atoms with van der Waals surface area (Å²) >= 11 is 1.48. The van der Waals surface area contributed by atoms with Crippen molar-refractivity contribution in [1.82, 2.24) is 15.0 Å². The third-order valence-electron chi connectivity index (χ3n) is 4.46. The van der Waals surface area contributed by atoms with Crippen LogP contribution in [-0.2, 0) is 0 Å². The van der Waals surface area contributed by atoms with E-state index < -0.39 is 5.91 Å². The molecule has 2 aromatic heterocycles. The molecule has 4 aromatic rings. The number of aromatic nitrogens is 3. The molecule has 8 nitrogen and oxygen atoms in total. The zero-order chi connectivity index (χ0) is 21.8. The molecule has 0 saturated heterocycles. The number of hydrogen-bond donors (Lipinski definition) is 2. The molecule has 0 radical (unpaired) electrons. The first-order valence-corrected chi connectivity index (χ1v) is 10.1. The zero-order valence-electron chi connectivity index (χ0n) is 16.8. The lowest BCUT2D eigenvalue weighted by Gasteiger charge is -2.11. The Labute approximate surface area is 182 Å². The summed E-state index contributed by atoms with van der Waals surface area (Å²) < 4.78 is 10.4. The molecule has 0 aliphatic carbocycles. The van der Waals surface area contributed by atoms with Crippen molar-refractivity contribution in [1.29, 1.82) is 0 Å². The molecule has 9 heteroatoms. The SMILES string of the molecule is COc1cc(-c2cc(Nc3nc(-c4ccccc4)cs3)ccc2C(N)=O)nc(OC)n1. The molecule has 1 amide bonds. The fraction of sp³-hybridized carbons (Fsp3) is 0.0909. The molecule has 0 unspecified atom stereocenters. The van der Waals surface area contributed by atoms with Crippen molar-refractivity contribution < 1.29 is 14.3 Å². The Bertz CT molecular complexity index is 1200. The number of nitrogens with two attached hydrogens (primary N) is 1. The topological polar surface area (TPSA) is 112 Å².